The minimum Gasteiger partial charge on any atom is -0.479 e. The number of aromatic nitrogens is 3. The molecule has 0 saturated heterocycles. The van der Waals surface area contributed by atoms with Gasteiger partial charge in [-0.05, 0) is 6.42 Å². The van der Waals surface area contributed by atoms with Crippen LogP contribution in [0.4, 0.5) is 0 Å². The molecule has 1 rings (SSSR count). The fraction of sp³-hybridized carbons (Fsp3) is 0.556. The van der Waals surface area contributed by atoms with E-state index in [0.29, 0.717) is 13.0 Å². The second kappa shape index (κ2) is 5.94. The number of nitrogens with one attached hydrogen (secondary N) is 1. The monoisotopic (exact) mass is 242 g/mol. The Labute approximate surface area is 97.2 Å². The Kier molecular flexibility index (Phi) is 4.58. The van der Waals surface area contributed by atoms with Gasteiger partial charge in [-0.25, -0.2) is 4.79 Å². The third kappa shape index (κ3) is 3.83. The highest BCUT2D eigenvalue weighted by atomic mass is 16.4. The van der Waals surface area contributed by atoms with Gasteiger partial charge in [0.25, 0.3) is 0 Å². The number of carbonyl (C=O) groups excluding carboxylic acids is 1. The van der Waals surface area contributed by atoms with Crippen LogP contribution in [0.25, 0.3) is 0 Å². The van der Waals surface area contributed by atoms with Gasteiger partial charge in [0.2, 0.25) is 5.91 Å². The maximum Gasteiger partial charge on any atom is 0.332 e. The second-order valence-electron chi connectivity index (χ2n) is 3.46. The lowest BCUT2D eigenvalue weighted by molar-refractivity contribution is -0.141. The summed E-state index contributed by atoms with van der Waals surface area (Å²) >= 11 is 0. The lowest BCUT2D eigenvalue weighted by Crippen LogP contribution is -2.32. The number of carboxylic acid groups (broad SMARTS) is 1. The molecule has 0 radical (unpaired) electrons. The van der Waals surface area contributed by atoms with Gasteiger partial charge < -0.3 is 15.5 Å². The maximum atomic E-state index is 10.9. The van der Waals surface area contributed by atoms with E-state index in [4.69, 9.17) is 10.2 Å². The quantitative estimate of drug-likeness (QED) is 0.584. The number of carbonyl (C=O) groups is 2. The number of carboxylic acids is 1. The van der Waals surface area contributed by atoms with Crippen LogP contribution in [0.2, 0.25) is 0 Å². The predicted octanol–water partition coefficient (Wildman–Crippen LogP) is -1.08. The van der Waals surface area contributed by atoms with Gasteiger partial charge in [0.1, 0.15) is 5.69 Å². The zero-order valence-electron chi connectivity index (χ0n) is 9.33. The molecule has 0 saturated carbocycles. The largest absolute Gasteiger partial charge is 0.479 e. The van der Waals surface area contributed by atoms with Crippen molar-refractivity contribution < 1.29 is 19.8 Å². The summed E-state index contributed by atoms with van der Waals surface area (Å²) in [5.41, 5.74) is 0.158. The van der Waals surface area contributed by atoms with Gasteiger partial charge in [0.05, 0.1) is 6.20 Å². The number of amides is 1. The van der Waals surface area contributed by atoms with E-state index < -0.39 is 17.9 Å². The van der Waals surface area contributed by atoms with E-state index in [-0.39, 0.29) is 12.3 Å². The van der Waals surface area contributed by atoms with Crippen LogP contribution >= 0.6 is 0 Å². The van der Waals surface area contributed by atoms with Crippen LogP contribution in [0, 0.1) is 0 Å². The fourth-order valence-electron chi connectivity index (χ4n) is 1.25. The topological polar surface area (TPSA) is 117 Å². The minimum absolute atomic E-state index is 0.0171. The number of hydrogen-bond donors (Lipinski definition) is 3. The van der Waals surface area contributed by atoms with Gasteiger partial charge in [-0.3, -0.25) is 9.48 Å². The molecule has 0 fully saturated rings. The van der Waals surface area contributed by atoms with Crippen molar-refractivity contribution in [2.75, 3.05) is 6.61 Å². The number of aliphatic hydroxyl groups is 1. The summed E-state index contributed by atoms with van der Waals surface area (Å²) in [6, 6.07) is -1.20. The van der Waals surface area contributed by atoms with E-state index in [1.165, 1.54) is 17.8 Å². The van der Waals surface area contributed by atoms with Gasteiger partial charge in [-0.15, -0.1) is 5.10 Å². The van der Waals surface area contributed by atoms with E-state index >= 15 is 0 Å². The van der Waals surface area contributed by atoms with Crippen LogP contribution in [-0.2, 0) is 16.1 Å². The van der Waals surface area contributed by atoms with Crippen molar-refractivity contribution in [2.24, 2.45) is 0 Å². The first-order chi connectivity index (χ1) is 8.04. The molecule has 0 aliphatic heterocycles. The number of rotatable bonds is 6. The van der Waals surface area contributed by atoms with Crippen LogP contribution in [0.3, 0.4) is 0 Å². The van der Waals surface area contributed by atoms with Crippen LogP contribution in [0.5, 0.6) is 0 Å². The molecule has 0 aromatic carbocycles. The molecule has 1 amide bonds. The molecule has 1 atom stereocenters. The summed E-state index contributed by atoms with van der Waals surface area (Å²) in [4.78, 5) is 21.8. The fourth-order valence-corrected chi connectivity index (χ4v) is 1.25. The third-order valence-corrected chi connectivity index (χ3v) is 1.99. The first kappa shape index (κ1) is 13.1. The van der Waals surface area contributed by atoms with Gasteiger partial charge in [-0.1, -0.05) is 5.21 Å². The lowest BCUT2D eigenvalue weighted by Gasteiger charge is -2.09. The smallest absolute Gasteiger partial charge is 0.332 e. The first-order valence-electron chi connectivity index (χ1n) is 5.05. The highest BCUT2D eigenvalue weighted by Gasteiger charge is 2.23. The standard InChI is InChI=1S/C9H14N4O4/c1-6(15)10-8(9(16)17)7-5-13(12-11-7)3-2-4-14/h5,8,14H,2-4H2,1H3,(H,10,15)(H,16,17). The average Bonchev–Trinajstić information content (AvgIpc) is 2.70. The third-order valence-electron chi connectivity index (χ3n) is 1.99. The van der Waals surface area contributed by atoms with Crippen LogP contribution in [0.1, 0.15) is 25.1 Å². The van der Waals surface area contributed by atoms with Crippen molar-refractivity contribution in [1.29, 1.82) is 0 Å². The lowest BCUT2D eigenvalue weighted by atomic mass is 10.2. The summed E-state index contributed by atoms with van der Waals surface area (Å²) in [7, 11) is 0. The Bertz CT molecular complexity index is 403. The number of aliphatic hydroxyl groups excluding tert-OH is 1. The zero-order valence-corrected chi connectivity index (χ0v) is 9.33. The van der Waals surface area contributed by atoms with Crippen molar-refractivity contribution in [1.82, 2.24) is 20.3 Å². The summed E-state index contributed by atoms with van der Waals surface area (Å²) < 4.78 is 1.42. The van der Waals surface area contributed by atoms with E-state index in [1.54, 1.807) is 0 Å². The highest BCUT2D eigenvalue weighted by molar-refractivity contribution is 5.82. The molecular weight excluding hydrogens is 228 g/mol. The highest BCUT2D eigenvalue weighted by Crippen LogP contribution is 2.09. The molecule has 1 aromatic rings. The Morgan fingerprint density at radius 2 is 2.29 bits per heavy atom. The molecule has 0 bridgehead atoms. The van der Waals surface area contributed by atoms with E-state index in [0.717, 1.165) is 0 Å². The van der Waals surface area contributed by atoms with Crippen molar-refractivity contribution in [3.8, 4) is 0 Å². The zero-order chi connectivity index (χ0) is 12.8. The molecule has 3 N–H and O–H groups in total. The minimum atomic E-state index is -1.20. The molecule has 0 aliphatic rings. The molecule has 8 heteroatoms. The predicted molar refractivity (Wildman–Crippen MR) is 55.9 cm³/mol. The van der Waals surface area contributed by atoms with Gasteiger partial charge in [0, 0.05) is 20.1 Å². The van der Waals surface area contributed by atoms with Crippen molar-refractivity contribution in [3.63, 3.8) is 0 Å². The summed E-state index contributed by atoms with van der Waals surface area (Å²) in [6.45, 7) is 1.69. The average molecular weight is 242 g/mol. The molecule has 1 heterocycles. The Hall–Kier alpha value is -1.96. The number of aryl methyl sites for hydroxylation is 1. The summed E-state index contributed by atoms with van der Waals surface area (Å²) in [5, 5.41) is 27.2. The van der Waals surface area contributed by atoms with Crippen LogP contribution in [-0.4, -0.2) is 43.7 Å². The second-order valence-corrected chi connectivity index (χ2v) is 3.46. The Morgan fingerprint density at radius 1 is 1.59 bits per heavy atom. The summed E-state index contributed by atoms with van der Waals surface area (Å²) in [5.74, 6) is -1.66. The van der Waals surface area contributed by atoms with Crippen LogP contribution in [0.15, 0.2) is 6.20 Å². The normalized spacial score (nSPS) is 12.1. The molecule has 17 heavy (non-hydrogen) atoms. The van der Waals surface area contributed by atoms with Gasteiger partial charge in [0.15, 0.2) is 6.04 Å². The molecular formula is C9H14N4O4. The first-order valence-corrected chi connectivity index (χ1v) is 5.05. The molecule has 0 spiro atoms. The SMILES string of the molecule is CC(=O)NC(C(=O)O)c1cn(CCCO)nn1. The van der Waals surface area contributed by atoms with Crippen LogP contribution < -0.4 is 5.32 Å². The Balaban J connectivity index is 2.77. The Morgan fingerprint density at radius 3 is 2.82 bits per heavy atom. The molecule has 8 nitrogen and oxygen atoms in total. The number of aliphatic carboxylic acids is 1. The number of nitrogens with zero attached hydrogens (tertiary/aromatic N) is 3. The van der Waals surface area contributed by atoms with Crippen molar-refractivity contribution in [2.45, 2.75) is 25.9 Å². The maximum absolute atomic E-state index is 10.9. The van der Waals surface area contributed by atoms with Gasteiger partial charge >= 0.3 is 5.97 Å². The van der Waals surface area contributed by atoms with E-state index in [1.807, 2.05) is 0 Å². The molecule has 0 aliphatic carbocycles. The van der Waals surface area contributed by atoms with E-state index in [9.17, 15) is 9.59 Å². The summed E-state index contributed by atoms with van der Waals surface area (Å²) in [6.07, 6.45) is 1.94. The molecule has 94 valence electrons. The van der Waals surface area contributed by atoms with Crippen molar-refractivity contribution in [3.05, 3.63) is 11.9 Å². The van der Waals surface area contributed by atoms with E-state index in [2.05, 4.69) is 15.6 Å². The van der Waals surface area contributed by atoms with Crippen molar-refractivity contribution >= 4 is 11.9 Å². The molecule has 1 unspecified atom stereocenters. The number of hydrogen-bond acceptors (Lipinski definition) is 5. The molecule has 1 aromatic heterocycles. The van der Waals surface area contributed by atoms with Gasteiger partial charge in [-0.2, -0.15) is 0 Å².